The first-order chi connectivity index (χ1) is 11.3. The number of anilines is 1. The van der Waals surface area contributed by atoms with E-state index in [0.29, 0.717) is 0 Å². The van der Waals surface area contributed by atoms with Gasteiger partial charge in [0.15, 0.2) is 0 Å². The fraction of sp³-hybridized carbons (Fsp3) is 0. The third-order valence-electron chi connectivity index (χ3n) is 4.27. The monoisotopic (exact) mass is 295 g/mol. The Kier molecular flexibility index (Phi) is 3.32. The van der Waals surface area contributed by atoms with Crippen LogP contribution >= 0.6 is 0 Å². The van der Waals surface area contributed by atoms with Gasteiger partial charge < -0.3 is 5.73 Å². The Morgan fingerprint density at radius 1 is 0.478 bits per heavy atom. The van der Waals surface area contributed by atoms with Gasteiger partial charge in [-0.05, 0) is 22.1 Å². The van der Waals surface area contributed by atoms with Crippen LogP contribution in [0.3, 0.4) is 0 Å². The van der Waals surface area contributed by atoms with Crippen molar-refractivity contribution in [2.75, 3.05) is 5.73 Å². The van der Waals surface area contributed by atoms with E-state index in [1.165, 1.54) is 22.1 Å². The van der Waals surface area contributed by atoms with Crippen molar-refractivity contribution in [1.29, 1.82) is 0 Å². The Balaban J connectivity index is 1.98. The molecule has 0 aliphatic rings. The van der Waals surface area contributed by atoms with Crippen molar-refractivity contribution >= 4 is 16.5 Å². The number of rotatable bonds is 2. The van der Waals surface area contributed by atoms with Crippen molar-refractivity contribution in [3.05, 3.63) is 91.0 Å². The molecule has 0 radical (unpaired) electrons. The Morgan fingerprint density at radius 2 is 1.13 bits per heavy atom. The predicted molar refractivity (Wildman–Crippen MR) is 99.2 cm³/mol. The van der Waals surface area contributed by atoms with Crippen molar-refractivity contribution in [1.82, 2.24) is 0 Å². The lowest BCUT2D eigenvalue weighted by atomic mass is 9.92. The highest BCUT2D eigenvalue weighted by Gasteiger charge is 2.11. The molecule has 2 N–H and O–H groups in total. The minimum Gasteiger partial charge on any atom is -0.398 e. The Bertz CT molecular complexity index is 971. The molecule has 23 heavy (non-hydrogen) atoms. The lowest BCUT2D eigenvalue weighted by molar-refractivity contribution is 1.59. The second kappa shape index (κ2) is 5.62. The van der Waals surface area contributed by atoms with Crippen LogP contribution < -0.4 is 5.73 Å². The second-order valence-corrected chi connectivity index (χ2v) is 5.66. The van der Waals surface area contributed by atoms with Crippen molar-refractivity contribution < 1.29 is 0 Å². The number of nitrogens with two attached hydrogens (primary N) is 1. The largest absolute Gasteiger partial charge is 0.398 e. The smallest absolute Gasteiger partial charge is 0.0473 e. The maximum absolute atomic E-state index is 6.50. The minimum atomic E-state index is 0.839. The van der Waals surface area contributed by atoms with Gasteiger partial charge in [-0.1, -0.05) is 91.0 Å². The zero-order chi connectivity index (χ0) is 15.6. The van der Waals surface area contributed by atoms with Crippen LogP contribution in [-0.2, 0) is 0 Å². The highest BCUT2D eigenvalue weighted by atomic mass is 14.6. The number of fused-ring (bicyclic) bond motifs is 1. The molecule has 0 atom stereocenters. The van der Waals surface area contributed by atoms with Crippen LogP contribution in [0.1, 0.15) is 0 Å². The number of nitrogen functional groups attached to an aromatic ring is 1. The number of hydrogen-bond acceptors (Lipinski definition) is 1. The third-order valence-corrected chi connectivity index (χ3v) is 4.27. The Hall–Kier alpha value is -3.06. The highest BCUT2D eigenvalue weighted by Crippen LogP contribution is 2.37. The van der Waals surface area contributed by atoms with Crippen LogP contribution in [0.15, 0.2) is 91.0 Å². The van der Waals surface area contributed by atoms with E-state index in [2.05, 4.69) is 72.8 Å². The highest BCUT2D eigenvalue weighted by molar-refractivity contribution is 6.02. The standard InChI is InChI=1S/C22H17N/c23-22-19-12-5-4-10-17(19)14-15-21(22)20-13-7-6-11-18(20)16-8-2-1-3-9-16/h1-15H,23H2. The molecule has 1 nitrogen and oxygen atoms in total. The topological polar surface area (TPSA) is 26.0 Å². The average Bonchev–Trinajstić information content (AvgIpc) is 2.63. The van der Waals surface area contributed by atoms with Gasteiger partial charge in [-0.15, -0.1) is 0 Å². The molecular weight excluding hydrogens is 278 g/mol. The molecule has 0 saturated heterocycles. The molecule has 0 aliphatic heterocycles. The van der Waals surface area contributed by atoms with E-state index in [-0.39, 0.29) is 0 Å². The minimum absolute atomic E-state index is 0.839. The lowest BCUT2D eigenvalue weighted by Crippen LogP contribution is -1.93. The van der Waals surface area contributed by atoms with Crippen molar-refractivity contribution in [2.45, 2.75) is 0 Å². The summed E-state index contributed by atoms with van der Waals surface area (Å²) in [7, 11) is 0. The van der Waals surface area contributed by atoms with Crippen molar-refractivity contribution in [3.63, 3.8) is 0 Å². The molecule has 0 aromatic heterocycles. The first kappa shape index (κ1) is 13.6. The maximum atomic E-state index is 6.50. The first-order valence-corrected chi connectivity index (χ1v) is 7.76. The number of hydrogen-bond donors (Lipinski definition) is 1. The van der Waals surface area contributed by atoms with Gasteiger partial charge in [-0.2, -0.15) is 0 Å². The van der Waals surface area contributed by atoms with Crippen molar-refractivity contribution in [2.24, 2.45) is 0 Å². The summed E-state index contributed by atoms with van der Waals surface area (Å²) in [4.78, 5) is 0. The van der Waals surface area contributed by atoms with Crippen LogP contribution in [0.4, 0.5) is 5.69 Å². The quantitative estimate of drug-likeness (QED) is 0.468. The molecule has 0 amide bonds. The molecule has 0 saturated carbocycles. The molecular formula is C22H17N. The first-order valence-electron chi connectivity index (χ1n) is 7.76. The van der Waals surface area contributed by atoms with Gasteiger partial charge in [-0.25, -0.2) is 0 Å². The van der Waals surface area contributed by atoms with Gasteiger partial charge >= 0.3 is 0 Å². The van der Waals surface area contributed by atoms with E-state index >= 15 is 0 Å². The molecule has 110 valence electrons. The van der Waals surface area contributed by atoms with Gasteiger partial charge in [0.05, 0.1) is 0 Å². The molecule has 0 bridgehead atoms. The summed E-state index contributed by atoms with van der Waals surface area (Å²) in [5.74, 6) is 0. The number of benzene rings is 4. The zero-order valence-electron chi connectivity index (χ0n) is 12.7. The molecule has 4 rings (SSSR count). The summed E-state index contributed by atoms with van der Waals surface area (Å²) in [5, 5.41) is 2.28. The Labute approximate surface area is 136 Å². The maximum Gasteiger partial charge on any atom is 0.0473 e. The van der Waals surface area contributed by atoms with E-state index in [9.17, 15) is 0 Å². The van der Waals surface area contributed by atoms with E-state index in [0.717, 1.165) is 16.6 Å². The lowest BCUT2D eigenvalue weighted by Gasteiger charge is -2.14. The molecule has 4 aromatic rings. The second-order valence-electron chi connectivity index (χ2n) is 5.66. The Morgan fingerprint density at radius 3 is 1.96 bits per heavy atom. The summed E-state index contributed by atoms with van der Waals surface area (Å²) in [5.41, 5.74) is 12.0. The molecule has 4 aromatic carbocycles. The van der Waals surface area contributed by atoms with Gasteiger partial charge in [0, 0.05) is 16.6 Å². The SMILES string of the molecule is Nc1c(-c2ccccc2-c2ccccc2)ccc2ccccc12. The fourth-order valence-electron chi connectivity index (χ4n) is 3.12. The van der Waals surface area contributed by atoms with Gasteiger partial charge in [0.1, 0.15) is 0 Å². The van der Waals surface area contributed by atoms with E-state index < -0.39 is 0 Å². The van der Waals surface area contributed by atoms with Crippen LogP contribution in [0.2, 0.25) is 0 Å². The van der Waals surface area contributed by atoms with E-state index in [1.54, 1.807) is 0 Å². The fourth-order valence-corrected chi connectivity index (χ4v) is 3.12. The molecule has 1 heteroatoms. The van der Waals surface area contributed by atoms with Crippen LogP contribution in [0.5, 0.6) is 0 Å². The van der Waals surface area contributed by atoms with Crippen LogP contribution in [0.25, 0.3) is 33.0 Å². The summed E-state index contributed by atoms with van der Waals surface area (Å²) in [6, 6.07) is 31.4. The normalized spacial score (nSPS) is 10.8. The molecule has 0 aliphatic carbocycles. The van der Waals surface area contributed by atoms with Gasteiger partial charge in [-0.3, -0.25) is 0 Å². The average molecular weight is 295 g/mol. The molecule has 0 heterocycles. The van der Waals surface area contributed by atoms with Gasteiger partial charge in [0.2, 0.25) is 0 Å². The third kappa shape index (κ3) is 2.36. The molecule has 0 fully saturated rings. The predicted octanol–water partition coefficient (Wildman–Crippen LogP) is 5.76. The van der Waals surface area contributed by atoms with E-state index in [4.69, 9.17) is 5.73 Å². The summed E-state index contributed by atoms with van der Waals surface area (Å²) >= 11 is 0. The summed E-state index contributed by atoms with van der Waals surface area (Å²) in [6.07, 6.45) is 0. The summed E-state index contributed by atoms with van der Waals surface area (Å²) < 4.78 is 0. The van der Waals surface area contributed by atoms with Crippen molar-refractivity contribution in [3.8, 4) is 22.3 Å². The zero-order valence-corrected chi connectivity index (χ0v) is 12.7. The van der Waals surface area contributed by atoms with Crippen LogP contribution in [-0.4, -0.2) is 0 Å². The van der Waals surface area contributed by atoms with Crippen LogP contribution in [0, 0.1) is 0 Å². The molecule has 0 unspecified atom stereocenters. The molecule has 0 spiro atoms. The van der Waals surface area contributed by atoms with E-state index in [1.807, 2.05) is 18.2 Å². The summed E-state index contributed by atoms with van der Waals surface area (Å²) in [6.45, 7) is 0. The van der Waals surface area contributed by atoms with Gasteiger partial charge in [0.25, 0.3) is 0 Å².